The van der Waals surface area contributed by atoms with Gasteiger partial charge in [-0.1, -0.05) is 0 Å². The van der Waals surface area contributed by atoms with Gasteiger partial charge in [0.15, 0.2) is 0 Å². The van der Waals surface area contributed by atoms with Gasteiger partial charge in [-0.15, -0.1) is 0 Å². The van der Waals surface area contributed by atoms with Crippen molar-refractivity contribution in [3.05, 3.63) is 18.2 Å². The van der Waals surface area contributed by atoms with E-state index < -0.39 is 0 Å². The van der Waals surface area contributed by atoms with E-state index in [1.54, 1.807) is 7.11 Å². The van der Waals surface area contributed by atoms with E-state index >= 15 is 0 Å². The molecule has 0 saturated carbocycles. The Hall–Kier alpha value is -1.46. The monoisotopic (exact) mass is 252 g/mol. The van der Waals surface area contributed by atoms with E-state index in [0.717, 1.165) is 30.5 Å². The van der Waals surface area contributed by atoms with Gasteiger partial charge in [0.1, 0.15) is 42.7 Å². The van der Waals surface area contributed by atoms with Crippen molar-refractivity contribution in [2.24, 2.45) is 0 Å². The summed E-state index contributed by atoms with van der Waals surface area (Å²) in [5, 5.41) is 0. The summed E-state index contributed by atoms with van der Waals surface area (Å²) in [7, 11) is 1.62. The number of benzene rings is 1. The zero-order chi connectivity index (χ0) is 12.4. The molecule has 5 nitrogen and oxygen atoms in total. The fraction of sp³-hybridized carbons (Fsp3) is 0.538. The van der Waals surface area contributed by atoms with E-state index in [-0.39, 0.29) is 12.2 Å². The molecule has 0 radical (unpaired) electrons. The van der Waals surface area contributed by atoms with Gasteiger partial charge in [-0.25, -0.2) is 0 Å². The lowest BCUT2D eigenvalue weighted by Gasteiger charge is -2.10. The van der Waals surface area contributed by atoms with Gasteiger partial charge < -0.3 is 23.7 Å². The molecule has 2 fully saturated rings. The highest BCUT2D eigenvalue weighted by atomic mass is 16.6. The maximum Gasteiger partial charge on any atom is 0.126 e. The topological polar surface area (TPSA) is 52.8 Å². The Morgan fingerprint density at radius 3 is 1.78 bits per heavy atom. The highest BCUT2D eigenvalue weighted by Gasteiger charge is 2.24. The summed E-state index contributed by atoms with van der Waals surface area (Å²) in [5.41, 5.74) is 0. The Morgan fingerprint density at radius 2 is 1.39 bits per heavy atom. The summed E-state index contributed by atoms with van der Waals surface area (Å²) < 4.78 is 26.7. The fourth-order valence-corrected chi connectivity index (χ4v) is 1.54. The van der Waals surface area contributed by atoms with Crippen molar-refractivity contribution in [1.82, 2.24) is 0 Å². The third kappa shape index (κ3) is 3.27. The van der Waals surface area contributed by atoms with Crippen LogP contribution in [0.25, 0.3) is 0 Å². The van der Waals surface area contributed by atoms with Gasteiger partial charge in [-0.3, -0.25) is 0 Å². The average Bonchev–Trinajstić information content (AvgIpc) is 3.28. The Morgan fingerprint density at radius 1 is 0.944 bits per heavy atom. The van der Waals surface area contributed by atoms with E-state index in [2.05, 4.69) is 0 Å². The van der Waals surface area contributed by atoms with Crippen molar-refractivity contribution < 1.29 is 23.7 Å². The third-order valence-electron chi connectivity index (χ3n) is 2.77. The molecular weight excluding hydrogens is 236 g/mol. The average molecular weight is 252 g/mol. The molecule has 0 bridgehead atoms. The second-order valence-electron chi connectivity index (χ2n) is 4.38. The number of methoxy groups -OCH3 is 1. The molecule has 98 valence electrons. The molecular formula is C13H16O5. The number of hydrogen-bond acceptors (Lipinski definition) is 5. The number of rotatable bonds is 7. The number of ether oxygens (including phenoxy) is 5. The van der Waals surface area contributed by atoms with Gasteiger partial charge in [-0.2, -0.15) is 0 Å². The second-order valence-corrected chi connectivity index (χ2v) is 4.38. The van der Waals surface area contributed by atoms with Crippen molar-refractivity contribution in [2.75, 3.05) is 33.5 Å². The zero-order valence-corrected chi connectivity index (χ0v) is 10.3. The Bertz CT molecular complexity index is 378. The minimum atomic E-state index is 0.237. The first kappa shape index (κ1) is 11.6. The van der Waals surface area contributed by atoms with Crippen LogP contribution < -0.4 is 14.2 Å². The van der Waals surface area contributed by atoms with E-state index in [1.165, 1.54) is 0 Å². The standard InChI is InChI=1S/C13H16O5/c1-14-9-2-10(15-5-12-7-17-12)4-11(3-9)16-6-13-8-18-13/h2-4,12-13H,5-8H2,1H3. The maximum absolute atomic E-state index is 5.62. The first-order chi connectivity index (χ1) is 8.83. The lowest BCUT2D eigenvalue weighted by Crippen LogP contribution is -2.06. The summed E-state index contributed by atoms with van der Waals surface area (Å²) >= 11 is 0. The molecule has 2 atom stereocenters. The van der Waals surface area contributed by atoms with Crippen molar-refractivity contribution in [3.63, 3.8) is 0 Å². The van der Waals surface area contributed by atoms with Crippen LogP contribution in [0.2, 0.25) is 0 Å². The molecule has 2 aliphatic heterocycles. The molecule has 0 aromatic heterocycles. The minimum absolute atomic E-state index is 0.237. The predicted octanol–water partition coefficient (Wildman–Crippen LogP) is 1.25. The molecule has 0 N–H and O–H groups in total. The lowest BCUT2D eigenvalue weighted by atomic mass is 10.3. The number of hydrogen-bond donors (Lipinski definition) is 0. The molecule has 2 saturated heterocycles. The van der Waals surface area contributed by atoms with Gasteiger partial charge in [0, 0.05) is 18.2 Å². The summed E-state index contributed by atoms with van der Waals surface area (Å²) in [5.74, 6) is 2.18. The van der Waals surface area contributed by atoms with Crippen LogP contribution in [0.15, 0.2) is 18.2 Å². The van der Waals surface area contributed by atoms with E-state index in [4.69, 9.17) is 23.7 Å². The lowest BCUT2D eigenvalue weighted by molar-refractivity contribution is 0.250. The van der Waals surface area contributed by atoms with Crippen LogP contribution in [0.1, 0.15) is 0 Å². The van der Waals surface area contributed by atoms with Crippen LogP contribution in [0.5, 0.6) is 17.2 Å². The van der Waals surface area contributed by atoms with Crippen molar-refractivity contribution >= 4 is 0 Å². The van der Waals surface area contributed by atoms with Crippen LogP contribution >= 0.6 is 0 Å². The Balaban J connectivity index is 1.63. The van der Waals surface area contributed by atoms with Crippen molar-refractivity contribution in [2.45, 2.75) is 12.2 Å². The highest BCUT2D eigenvalue weighted by molar-refractivity contribution is 5.42. The van der Waals surface area contributed by atoms with Crippen LogP contribution in [0.4, 0.5) is 0 Å². The van der Waals surface area contributed by atoms with Gasteiger partial charge >= 0.3 is 0 Å². The molecule has 1 aromatic carbocycles. The van der Waals surface area contributed by atoms with Gasteiger partial charge in [0.2, 0.25) is 0 Å². The van der Waals surface area contributed by atoms with Gasteiger partial charge in [-0.05, 0) is 0 Å². The quantitative estimate of drug-likeness (QED) is 0.684. The molecule has 2 heterocycles. The fourth-order valence-electron chi connectivity index (χ4n) is 1.54. The highest BCUT2D eigenvalue weighted by Crippen LogP contribution is 2.29. The molecule has 2 unspecified atom stereocenters. The summed E-state index contributed by atoms with van der Waals surface area (Å²) in [6.45, 7) is 2.70. The summed E-state index contributed by atoms with van der Waals surface area (Å²) in [6, 6.07) is 5.53. The molecule has 2 aliphatic rings. The van der Waals surface area contributed by atoms with Crippen molar-refractivity contribution in [3.8, 4) is 17.2 Å². The summed E-state index contributed by atoms with van der Waals surface area (Å²) in [6.07, 6.45) is 0.473. The molecule has 1 aromatic rings. The molecule has 3 rings (SSSR count). The molecule has 0 amide bonds. The second kappa shape index (κ2) is 5.04. The number of epoxide rings is 2. The van der Waals surface area contributed by atoms with Gasteiger partial charge in [0.05, 0.1) is 20.3 Å². The maximum atomic E-state index is 5.62. The molecule has 0 aliphatic carbocycles. The third-order valence-corrected chi connectivity index (χ3v) is 2.77. The van der Waals surface area contributed by atoms with Crippen LogP contribution in [-0.4, -0.2) is 45.7 Å². The van der Waals surface area contributed by atoms with E-state index in [0.29, 0.717) is 13.2 Å². The molecule has 18 heavy (non-hydrogen) atoms. The molecule has 0 spiro atoms. The normalized spacial score (nSPS) is 24.5. The first-order valence-corrected chi connectivity index (χ1v) is 6.01. The minimum Gasteiger partial charge on any atom is -0.496 e. The smallest absolute Gasteiger partial charge is 0.126 e. The predicted molar refractivity (Wildman–Crippen MR) is 63.5 cm³/mol. The van der Waals surface area contributed by atoms with Crippen LogP contribution in [0.3, 0.4) is 0 Å². The van der Waals surface area contributed by atoms with E-state index in [9.17, 15) is 0 Å². The first-order valence-electron chi connectivity index (χ1n) is 6.01. The largest absolute Gasteiger partial charge is 0.496 e. The zero-order valence-electron chi connectivity index (χ0n) is 10.3. The van der Waals surface area contributed by atoms with Crippen LogP contribution in [-0.2, 0) is 9.47 Å². The Labute approximate surface area is 106 Å². The van der Waals surface area contributed by atoms with Crippen LogP contribution in [0, 0.1) is 0 Å². The van der Waals surface area contributed by atoms with Gasteiger partial charge in [0.25, 0.3) is 0 Å². The van der Waals surface area contributed by atoms with Crippen molar-refractivity contribution in [1.29, 1.82) is 0 Å². The summed E-state index contributed by atoms with van der Waals surface area (Å²) in [4.78, 5) is 0. The molecule has 5 heteroatoms. The van der Waals surface area contributed by atoms with E-state index in [1.807, 2.05) is 18.2 Å². The Kier molecular flexibility index (Phi) is 3.25. The SMILES string of the molecule is COc1cc(OCC2CO2)cc(OCC2CO2)c1.